The molecule has 10 heavy (non-hydrogen) atoms. The average Bonchev–Trinajstić information content (AvgIpc) is 2.46. The summed E-state index contributed by atoms with van der Waals surface area (Å²) in [5.41, 5.74) is 0.0480. The normalized spacial score (nSPS) is 44.7. The first kappa shape index (κ1) is 6.62. The first-order valence-electron chi connectivity index (χ1n) is 4.07. The zero-order valence-corrected chi connectivity index (χ0v) is 6.14. The van der Waals surface area contributed by atoms with Crippen LogP contribution < -0.4 is 0 Å². The van der Waals surface area contributed by atoms with Gasteiger partial charge in [-0.1, -0.05) is 0 Å². The average molecular weight is 141 g/mol. The highest BCUT2D eigenvalue weighted by atomic mass is 16.6. The van der Waals surface area contributed by atoms with E-state index < -0.39 is 0 Å². The molecule has 2 nitrogen and oxygen atoms in total. The molecule has 0 aromatic carbocycles. The highest BCUT2D eigenvalue weighted by Crippen LogP contribution is 2.49. The molecule has 0 unspecified atom stereocenters. The maximum atomic E-state index is 10.2. The lowest BCUT2D eigenvalue weighted by Crippen LogP contribution is -2.26. The maximum Gasteiger partial charge on any atom is 0.181 e. The van der Waals surface area contributed by atoms with Crippen LogP contribution in [-0.4, -0.2) is 12.4 Å². The Bertz CT molecular complexity index is 125. The van der Waals surface area contributed by atoms with Crippen molar-refractivity contribution in [2.75, 3.05) is 6.79 Å². The zero-order valence-electron chi connectivity index (χ0n) is 6.14. The van der Waals surface area contributed by atoms with E-state index >= 15 is 0 Å². The van der Waals surface area contributed by atoms with E-state index in [0.717, 1.165) is 25.2 Å². The van der Waals surface area contributed by atoms with E-state index in [2.05, 4.69) is 0 Å². The monoisotopic (exact) mass is 141 g/mol. The van der Waals surface area contributed by atoms with E-state index in [9.17, 15) is 5.11 Å². The van der Waals surface area contributed by atoms with Gasteiger partial charge in [-0.2, -0.15) is 0 Å². The number of hydrogen-bond donors (Lipinski definition) is 0. The van der Waals surface area contributed by atoms with Gasteiger partial charge in [0.1, 0.15) is 0 Å². The van der Waals surface area contributed by atoms with Crippen LogP contribution in [0.5, 0.6) is 0 Å². The summed E-state index contributed by atoms with van der Waals surface area (Å²) < 4.78 is 5.23. The van der Waals surface area contributed by atoms with Crippen molar-refractivity contribution in [3.8, 4) is 0 Å². The molecule has 2 bridgehead atoms. The van der Waals surface area contributed by atoms with Gasteiger partial charge in [-0.3, -0.25) is 0 Å². The van der Waals surface area contributed by atoms with Gasteiger partial charge in [0.25, 0.3) is 0 Å². The lowest BCUT2D eigenvalue weighted by atomic mass is 9.97. The second kappa shape index (κ2) is 2.21. The van der Waals surface area contributed by atoms with Gasteiger partial charge in [0.15, 0.2) is 6.79 Å². The molecule has 2 aliphatic carbocycles. The summed E-state index contributed by atoms with van der Waals surface area (Å²) in [5, 5.41) is 10.2. The molecule has 2 fully saturated rings. The second-order valence-corrected chi connectivity index (χ2v) is 3.59. The van der Waals surface area contributed by atoms with Crippen molar-refractivity contribution in [1.29, 1.82) is 0 Å². The fraction of sp³-hybridized carbons (Fsp3) is 1.00. The van der Waals surface area contributed by atoms with Crippen LogP contribution in [0, 0.1) is 5.92 Å². The van der Waals surface area contributed by atoms with Crippen molar-refractivity contribution in [3.05, 3.63) is 0 Å². The van der Waals surface area contributed by atoms with E-state index in [4.69, 9.17) is 4.74 Å². The Hall–Kier alpha value is -0.0800. The van der Waals surface area contributed by atoms with E-state index in [0.29, 0.717) is 0 Å². The first-order chi connectivity index (χ1) is 4.85. The molecule has 2 heteroatoms. The molecule has 0 spiro atoms. The Labute approximate surface area is 61.2 Å². The third-order valence-corrected chi connectivity index (χ3v) is 3.04. The van der Waals surface area contributed by atoms with E-state index in [1.165, 1.54) is 12.8 Å². The van der Waals surface area contributed by atoms with Crippen LogP contribution >= 0.6 is 0 Å². The molecule has 0 N–H and O–H groups in total. The molecule has 0 aromatic rings. The van der Waals surface area contributed by atoms with Crippen LogP contribution in [0.1, 0.15) is 32.1 Å². The zero-order chi connectivity index (χ0) is 7.03. The van der Waals surface area contributed by atoms with Crippen molar-refractivity contribution >= 4 is 0 Å². The van der Waals surface area contributed by atoms with Crippen molar-refractivity contribution in [3.63, 3.8) is 0 Å². The topological polar surface area (TPSA) is 29.1 Å². The summed E-state index contributed by atoms with van der Waals surface area (Å²) in [6.45, 7) is -0.341. The van der Waals surface area contributed by atoms with Gasteiger partial charge in [0.05, 0.1) is 5.60 Å². The SMILES string of the molecule is [O]COC12CCC(CC1)C2. The minimum absolute atomic E-state index is 0.0480. The standard InChI is InChI=1S/C8H13O2/c9-6-10-8-3-1-7(5-8)2-4-8/h7H,1-6H2. The van der Waals surface area contributed by atoms with Crippen LogP contribution in [0.3, 0.4) is 0 Å². The number of ether oxygens (including phenoxy) is 1. The Morgan fingerprint density at radius 3 is 2.50 bits per heavy atom. The summed E-state index contributed by atoms with van der Waals surface area (Å²) in [4.78, 5) is 0. The predicted octanol–water partition coefficient (Wildman–Crippen LogP) is 1.72. The van der Waals surface area contributed by atoms with Crippen molar-refractivity contribution in [1.82, 2.24) is 0 Å². The van der Waals surface area contributed by atoms with E-state index in [1.807, 2.05) is 0 Å². The fourth-order valence-electron chi connectivity index (χ4n) is 2.47. The van der Waals surface area contributed by atoms with E-state index in [-0.39, 0.29) is 12.4 Å². The molecule has 0 saturated heterocycles. The van der Waals surface area contributed by atoms with Crippen LogP contribution in [0.15, 0.2) is 0 Å². The number of rotatable bonds is 2. The molecule has 0 amide bonds. The molecular weight excluding hydrogens is 128 g/mol. The molecule has 0 aromatic heterocycles. The second-order valence-electron chi connectivity index (χ2n) is 3.59. The minimum atomic E-state index is -0.341. The van der Waals surface area contributed by atoms with Crippen molar-refractivity contribution in [2.24, 2.45) is 5.92 Å². The summed E-state index contributed by atoms with van der Waals surface area (Å²) in [7, 11) is 0. The highest BCUT2D eigenvalue weighted by molar-refractivity contribution is 4.97. The summed E-state index contributed by atoms with van der Waals surface area (Å²) in [6.07, 6.45) is 6.02. The van der Waals surface area contributed by atoms with E-state index in [1.54, 1.807) is 0 Å². The fourth-order valence-corrected chi connectivity index (χ4v) is 2.47. The number of hydrogen-bond acceptors (Lipinski definition) is 1. The van der Waals surface area contributed by atoms with Crippen LogP contribution in [0.4, 0.5) is 0 Å². The lowest BCUT2D eigenvalue weighted by molar-refractivity contribution is -0.135. The predicted molar refractivity (Wildman–Crippen MR) is 35.9 cm³/mol. The van der Waals surface area contributed by atoms with Crippen LogP contribution in [0.25, 0.3) is 0 Å². The quantitative estimate of drug-likeness (QED) is 0.538. The molecule has 2 aliphatic rings. The van der Waals surface area contributed by atoms with Crippen molar-refractivity contribution < 1.29 is 9.84 Å². The molecule has 0 heterocycles. The molecule has 57 valence electrons. The molecular formula is C8H13O2. The van der Waals surface area contributed by atoms with Crippen LogP contribution in [0.2, 0.25) is 0 Å². The van der Waals surface area contributed by atoms with Gasteiger partial charge in [-0.25, -0.2) is 5.11 Å². The number of fused-ring (bicyclic) bond motifs is 2. The smallest absolute Gasteiger partial charge is 0.181 e. The Balaban J connectivity index is 2.01. The first-order valence-corrected chi connectivity index (χ1v) is 4.07. The molecule has 2 saturated carbocycles. The lowest BCUT2D eigenvalue weighted by Gasteiger charge is -2.24. The molecule has 0 atom stereocenters. The summed E-state index contributed by atoms with van der Waals surface area (Å²) >= 11 is 0. The molecule has 2 rings (SSSR count). The van der Waals surface area contributed by atoms with Gasteiger partial charge < -0.3 is 4.74 Å². The largest absolute Gasteiger partial charge is 0.346 e. The highest BCUT2D eigenvalue weighted by Gasteiger charge is 2.45. The maximum absolute atomic E-state index is 10.2. The third kappa shape index (κ3) is 0.867. The third-order valence-electron chi connectivity index (χ3n) is 3.04. The van der Waals surface area contributed by atoms with Gasteiger partial charge in [0.2, 0.25) is 0 Å². The summed E-state index contributed by atoms with van der Waals surface area (Å²) in [5.74, 6) is 0.881. The van der Waals surface area contributed by atoms with Crippen LogP contribution in [-0.2, 0) is 9.84 Å². The Morgan fingerprint density at radius 2 is 2.10 bits per heavy atom. The van der Waals surface area contributed by atoms with Gasteiger partial charge in [-0.05, 0) is 38.0 Å². The van der Waals surface area contributed by atoms with Gasteiger partial charge >= 0.3 is 0 Å². The van der Waals surface area contributed by atoms with Gasteiger partial charge in [-0.15, -0.1) is 0 Å². The van der Waals surface area contributed by atoms with Crippen molar-refractivity contribution in [2.45, 2.75) is 37.7 Å². The molecule has 0 aliphatic heterocycles. The Morgan fingerprint density at radius 1 is 1.40 bits per heavy atom. The summed E-state index contributed by atoms with van der Waals surface area (Å²) in [6, 6.07) is 0. The van der Waals surface area contributed by atoms with Gasteiger partial charge in [0, 0.05) is 0 Å². The Kier molecular flexibility index (Phi) is 1.46. The minimum Gasteiger partial charge on any atom is -0.346 e. The molecule has 1 radical (unpaired) electrons.